The van der Waals surface area contributed by atoms with Crippen molar-refractivity contribution in [3.63, 3.8) is 0 Å². The first-order valence-corrected chi connectivity index (χ1v) is 5.54. The van der Waals surface area contributed by atoms with Gasteiger partial charge in [-0.2, -0.15) is 0 Å². The molecule has 0 saturated heterocycles. The van der Waals surface area contributed by atoms with Crippen LogP contribution in [0.3, 0.4) is 0 Å². The Morgan fingerprint density at radius 3 is 2.82 bits per heavy atom. The molecular formula is C12H11N3O2. The molecular weight excluding hydrogens is 218 g/mol. The smallest absolute Gasteiger partial charge is 0.278 e. The number of nitrogens with zero attached hydrogens (tertiary/aromatic N) is 2. The monoisotopic (exact) mass is 229 g/mol. The van der Waals surface area contributed by atoms with Crippen molar-refractivity contribution in [2.24, 2.45) is 0 Å². The lowest BCUT2D eigenvalue weighted by Crippen LogP contribution is -1.91. The molecule has 3 rings (SSSR count). The van der Waals surface area contributed by atoms with Gasteiger partial charge < -0.3 is 4.98 Å². The Kier molecular flexibility index (Phi) is 2.18. The van der Waals surface area contributed by atoms with E-state index in [2.05, 4.69) is 9.97 Å². The predicted octanol–water partition coefficient (Wildman–Crippen LogP) is 2.86. The summed E-state index contributed by atoms with van der Waals surface area (Å²) in [6.07, 6.45) is 3.99. The van der Waals surface area contributed by atoms with E-state index in [-0.39, 0.29) is 10.6 Å². The highest BCUT2D eigenvalue weighted by molar-refractivity contribution is 5.70. The molecule has 0 unspecified atom stereocenters. The van der Waals surface area contributed by atoms with E-state index in [4.69, 9.17) is 0 Å². The fourth-order valence-electron chi connectivity index (χ4n) is 1.90. The molecule has 1 aromatic heterocycles. The van der Waals surface area contributed by atoms with Crippen LogP contribution in [0, 0.1) is 10.1 Å². The topological polar surface area (TPSA) is 71.8 Å². The Bertz CT molecular complexity index is 573. The molecule has 0 amide bonds. The van der Waals surface area contributed by atoms with Gasteiger partial charge in [0, 0.05) is 12.0 Å². The number of hydrogen-bond acceptors (Lipinski definition) is 3. The minimum Gasteiger partial charge on any atom is -0.342 e. The summed E-state index contributed by atoms with van der Waals surface area (Å²) in [6.45, 7) is 0. The van der Waals surface area contributed by atoms with E-state index in [1.165, 1.54) is 6.07 Å². The number of imidazole rings is 1. The Morgan fingerprint density at radius 1 is 1.35 bits per heavy atom. The third-order valence-electron chi connectivity index (χ3n) is 2.95. The number of para-hydroxylation sites is 1. The van der Waals surface area contributed by atoms with Crippen molar-refractivity contribution < 1.29 is 4.92 Å². The number of nitro groups is 1. The molecule has 2 aromatic rings. The van der Waals surface area contributed by atoms with Gasteiger partial charge >= 0.3 is 0 Å². The number of benzene rings is 1. The summed E-state index contributed by atoms with van der Waals surface area (Å²) >= 11 is 0. The minimum absolute atomic E-state index is 0.110. The summed E-state index contributed by atoms with van der Waals surface area (Å²) in [6, 6.07) is 6.70. The Labute approximate surface area is 97.7 Å². The number of aromatic nitrogens is 2. The van der Waals surface area contributed by atoms with Crippen molar-refractivity contribution in [1.29, 1.82) is 0 Å². The van der Waals surface area contributed by atoms with E-state index in [0.29, 0.717) is 11.5 Å². The van der Waals surface area contributed by atoms with Crippen LogP contribution in [0.4, 0.5) is 5.69 Å². The zero-order valence-corrected chi connectivity index (χ0v) is 9.09. The summed E-state index contributed by atoms with van der Waals surface area (Å²) in [4.78, 5) is 18.0. The van der Waals surface area contributed by atoms with Crippen LogP contribution >= 0.6 is 0 Å². The Morgan fingerprint density at radius 2 is 2.12 bits per heavy atom. The average Bonchev–Trinajstić information content (AvgIpc) is 3.07. The molecule has 5 nitrogen and oxygen atoms in total. The Balaban J connectivity index is 2.04. The normalized spacial score (nSPS) is 14.8. The lowest BCUT2D eigenvalue weighted by Gasteiger charge is -1.99. The number of nitrogens with one attached hydrogen (secondary N) is 1. The van der Waals surface area contributed by atoms with Gasteiger partial charge in [-0.15, -0.1) is 0 Å². The van der Waals surface area contributed by atoms with Gasteiger partial charge in [0.15, 0.2) is 0 Å². The average molecular weight is 229 g/mol. The van der Waals surface area contributed by atoms with Crippen LogP contribution < -0.4 is 0 Å². The maximum absolute atomic E-state index is 10.9. The minimum atomic E-state index is -0.368. The summed E-state index contributed by atoms with van der Waals surface area (Å²) in [5.74, 6) is 1.46. The van der Waals surface area contributed by atoms with Gasteiger partial charge in [0.25, 0.3) is 5.69 Å². The molecule has 86 valence electrons. The number of aromatic amines is 1. The number of nitro benzene ring substituents is 1. The van der Waals surface area contributed by atoms with Gasteiger partial charge in [0.2, 0.25) is 0 Å². The molecule has 1 aliphatic carbocycles. The van der Waals surface area contributed by atoms with E-state index < -0.39 is 0 Å². The Hall–Kier alpha value is -2.17. The highest BCUT2D eigenvalue weighted by Gasteiger charge is 2.27. The molecule has 0 bridgehead atoms. The summed E-state index contributed by atoms with van der Waals surface area (Å²) in [5.41, 5.74) is 1.43. The first-order valence-electron chi connectivity index (χ1n) is 5.54. The van der Waals surface area contributed by atoms with E-state index in [1.54, 1.807) is 24.4 Å². The maximum Gasteiger partial charge on any atom is 0.278 e. The van der Waals surface area contributed by atoms with Gasteiger partial charge in [-0.1, -0.05) is 12.1 Å². The fraction of sp³-hybridized carbons (Fsp3) is 0.250. The fourth-order valence-corrected chi connectivity index (χ4v) is 1.90. The quantitative estimate of drug-likeness (QED) is 0.649. The molecule has 0 radical (unpaired) electrons. The van der Waals surface area contributed by atoms with Gasteiger partial charge in [0.1, 0.15) is 5.82 Å². The first kappa shape index (κ1) is 10.0. The molecule has 1 heterocycles. The van der Waals surface area contributed by atoms with Crippen molar-refractivity contribution in [1.82, 2.24) is 9.97 Å². The second kappa shape index (κ2) is 3.69. The summed E-state index contributed by atoms with van der Waals surface area (Å²) in [7, 11) is 0. The molecule has 1 aromatic carbocycles. The predicted molar refractivity (Wildman–Crippen MR) is 62.7 cm³/mol. The van der Waals surface area contributed by atoms with Crippen molar-refractivity contribution >= 4 is 5.69 Å². The standard InChI is InChI=1S/C12H11N3O2/c16-15(17)11-4-2-1-3-9(11)10-7-13-12(14-10)8-5-6-8/h1-4,7-8H,5-6H2,(H,13,14). The lowest BCUT2D eigenvalue weighted by molar-refractivity contribution is -0.384. The molecule has 0 atom stereocenters. The van der Waals surface area contributed by atoms with E-state index in [1.807, 2.05) is 0 Å². The van der Waals surface area contributed by atoms with Crippen molar-refractivity contribution in [2.75, 3.05) is 0 Å². The molecule has 5 heteroatoms. The van der Waals surface area contributed by atoms with Crippen molar-refractivity contribution in [2.45, 2.75) is 18.8 Å². The molecule has 0 aliphatic heterocycles. The van der Waals surface area contributed by atoms with Crippen molar-refractivity contribution in [3.05, 3.63) is 46.4 Å². The SMILES string of the molecule is O=[N+]([O-])c1ccccc1-c1cnc(C2CC2)[nH]1. The van der Waals surface area contributed by atoms with E-state index in [9.17, 15) is 10.1 Å². The molecule has 17 heavy (non-hydrogen) atoms. The van der Waals surface area contributed by atoms with Crippen LogP contribution in [0.1, 0.15) is 24.6 Å². The van der Waals surface area contributed by atoms with Crippen LogP contribution in [0.15, 0.2) is 30.5 Å². The molecule has 1 N–H and O–H groups in total. The van der Waals surface area contributed by atoms with Gasteiger partial charge in [0.05, 0.1) is 22.4 Å². The number of hydrogen-bond donors (Lipinski definition) is 1. The van der Waals surface area contributed by atoms with Crippen LogP contribution in [-0.4, -0.2) is 14.9 Å². The largest absolute Gasteiger partial charge is 0.342 e. The zero-order chi connectivity index (χ0) is 11.8. The van der Waals surface area contributed by atoms with Gasteiger partial charge in [-0.25, -0.2) is 4.98 Å². The van der Waals surface area contributed by atoms with Crippen molar-refractivity contribution in [3.8, 4) is 11.3 Å². The third kappa shape index (κ3) is 1.80. The third-order valence-corrected chi connectivity index (χ3v) is 2.95. The molecule has 1 fully saturated rings. The second-order valence-electron chi connectivity index (χ2n) is 4.23. The summed E-state index contributed by atoms with van der Waals surface area (Å²) in [5, 5.41) is 10.9. The first-order chi connectivity index (χ1) is 8.25. The maximum atomic E-state index is 10.9. The molecule has 1 saturated carbocycles. The van der Waals surface area contributed by atoms with Crippen LogP contribution in [0.25, 0.3) is 11.3 Å². The second-order valence-corrected chi connectivity index (χ2v) is 4.23. The number of rotatable bonds is 3. The highest BCUT2D eigenvalue weighted by Crippen LogP contribution is 2.39. The number of H-pyrrole nitrogens is 1. The van der Waals surface area contributed by atoms with Gasteiger partial charge in [-0.05, 0) is 18.9 Å². The van der Waals surface area contributed by atoms with Gasteiger partial charge in [-0.3, -0.25) is 10.1 Å². The molecule has 1 aliphatic rings. The van der Waals surface area contributed by atoms with E-state index >= 15 is 0 Å². The van der Waals surface area contributed by atoms with Crippen LogP contribution in [0.2, 0.25) is 0 Å². The van der Waals surface area contributed by atoms with E-state index in [0.717, 1.165) is 24.4 Å². The zero-order valence-electron chi connectivity index (χ0n) is 9.09. The van der Waals surface area contributed by atoms with Crippen LogP contribution in [0.5, 0.6) is 0 Å². The lowest BCUT2D eigenvalue weighted by atomic mass is 10.1. The highest BCUT2D eigenvalue weighted by atomic mass is 16.6. The molecule has 0 spiro atoms. The van der Waals surface area contributed by atoms with Crippen LogP contribution in [-0.2, 0) is 0 Å². The summed E-state index contributed by atoms with van der Waals surface area (Å²) < 4.78 is 0.